The molecule has 2 heterocycles. The second-order valence-corrected chi connectivity index (χ2v) is 5.33. The summed E-state index contributed by atoms with van der Waals surface area (Å²) in [6, 6.07) is 7.25. The largest absolute Gasteiger partial charge is 0.311 e. The normalized spacial score (nSPS) is 13.9. The Morgan fingerprint density at radius 1 is 1.32 bits per heavy atom. The van der Waals surface area contributed by atoms with Gasteiger partial charge in [0.2, 0.25) is 0 Å². The Morgan fingerprint density at radius 3 is 2.89 bits per heavy atom. The first-order valence-electron chi connectivity index (χ1n) is 6.08. The topological polar surface area (TPSA) is 69.8 Å². The number of anilines is 1. The van der Waals surface area contributed by atoms with Gasteiger partial charge in [-0.2, -0.15) is 5.10 Å². The number of fused-ring (bicyclic) bond motifs is 1. The highest BCUT2D eigenvalue weighted by molar-refractivity contribution is 9.10. The molecule has 1 aliphatic rings. The summed E-state index contributed by atoms with van der Waals surface area (Å²) in [5, 5.41) is 13.2. The Hall–Kier alpha value is -1.66. The first-order valence-corrected chi connectivity index (χ1v) is 6.87. The highest BCUT2D eigenvalue weighted by Gasteiger charge is 2.18. The lowest BCUT2D eigenvalue weighted by atomic mass is 10.1. The van der Waals surface area contributed by atoms with Crippen molar-refractivity contribution in [3.05, 3.63) is 45.6 Å². The second-order valence-electron chi connectivity index (χ2n) is 4.42. The number of nitrogens with zero attached hydrogens (tertiary/aromatic N) is 1. The fourth-order valence-electron chi connectivity index (χ4n) is 2.13. The molecule has 98 valence electrons. The monoisotopic (exact) mass is 320 g/mol. The fourth-order valence-corrected chi connectivity index (χ4v) is 2.39. The molecule has 0 bridgehead atoms. The molecular formula is C13H13BrN4O. The maximum absolute atomic E-state index is 12.1. The molecule has 1 amide bonds. The van der Waals surface area contributed by atoms with Crippen LogP contribution in [-0.4, -0.2) is 22.6 Å². The molecule has 1 aromatic carbocycles. The van der Waals surface area contributed by atoms with E-state index in [1.807, 2.05) is 12.1 Å². The molecule has 2 aromatic rings. The molecule has 6 heteroatoms. The van der Waals surface area contributed by atoms with E-state index in [0.717, 1.165) is 35.2 Å². The smallest absolute Gasteiger partial charge is 0.256 e. The molecule has 19 heavy (non-hydrogen) atoms. The second kappa shape index (κ2) is 5.14. The third-order valence-corrected chi connectivity index (χ3v) is 3.67. The van der Waals surface area contributed by atoms with Crippen LogP contribution in [0.25, 0.3) is 0 Å². The highest BCUT2D eigenvalue weighted by Crippen LogP contribution is 2.20. The van der Waals surface area contributed by atoms with Crippen molar-refractivity contribution >= 4 is 27.7 Å². The minimum absolute atomic E-state index is 0.139. The third kappa shape index (κ3) is 2.54. The Kier molecular flexibility index (Phi) is 3.35. The van der Waals surface area contributed by atoms with Gasteiger partial charge in [-0.15, -0.1) is 0 Å². The average molecular weight is 321 g/mol. The van der Waals surface area contributed by atoms with Gasteiger partial charge in [0.05, 0.1) is 5.69 Å². The van der Waals surface area contributed by atoms with E-state index >= 15 is 0 Å². The van der Waals surface area contributed by atoms with E-state index in [2.05, 4.69) is 36.8 Å². The molecular weight excluding hydrogens is 308 g/mol. The quantitative estimate of drug-likeness (QED) is 0.793. The van der Waals surface area contributed by atoms with Crippen molar-refractivity contribution in [3.8, 4) is 0 Å². The molecule has 0 spiro atoms. The number of nitrogens with one attached hydrogen (secondary N) is 3. The summed E-state index contributed by atoms with van der Waals surface area (Å²) in [5.41, 5.74) is 2.77. The molecule has 0 saturated heterocycles. The molecule has 1 aliphatic heterocycles. The van der Waals surface area contributed by atoms with Crippen LogP contribution in [0.3, 0.4) is 0 Å². The van der Waals surface area contributed by atoms with Gasteiger partial charge in [-0.25, -0.2) is 0 Å². The lowest BCUT2D eigenvalue weighted by Gasteiger charge is -2.13. The number of H-pyrrole nitrogens is 1. The van der Waals surface area contributed by atoms with Gasteiger partial charge in [0.25, 0.3) is 5.91 Å². The van der Waals surface area contributed by atoms with Crippen molar-refractivity contribution in [2.75, 3.05) is 11.9 Å². The number of hydrogen-bond donors (Lipinski definition) is 3. The van der Waals surface area contributed by atoms with Crippen LogP contribution >= 0.6 is 15.9 Å². The van der Waals surface area contributed by atoms with Gasteiger partial charge in [-0.1, -0.05) is 15.9 Å². The van der Waals surface area contributed by atoms with Crippen molar-refractivity contribution in [3.63, 3.8) is 0 Å². The number of rotatable bonds is 2. The lowest BCUT2D eigenvalue weighted by Crippen LogP contribution is -2.24. The zero-order valence-corrected chi connectivity index (χ0v) is 11.8. The number of amides is 1. The van der Waals surface area contributed by atoms with Crippen LogP contribution in [0.15, 0.2) is 28.7 Å². The van der Waals surface area contributed by atoms with Crippen molar-refractivity contribution in [1.29, 1.82) is 0 Å². The van der Waals surface area contributed by atoms with E-state index in [-0.39, 0.29) is 5.91 Å². The van der Waals surface area contributed by atoms with Crippen molar-refractivity contribution in [2.24, 2.45) is 0 Å². The summed E-state index contributed by atoms with van der Waals surface area (Å²) in [5.74, 6) is 0.504. The molecule has 1 aromatic heterocycles. The van der Waals surface area contributed by atoms with Gasteiger partial charge in [-0.05, 0) is 37.2 Å². The fraction of sp³-hybridized carbons (Fsp3) is 0.231. The minimum atomic E-state index is -0.139. The Balaban J connectivity index is 1.79. The standard InChI is InChI=1S/C13H13BrN4O/c14-9-3-1-8(2-4-9)13(19)16-12-10-5-6-15-7-11(10)17-18-12/h1-4,15H,5-7H2,(H2,16,17,18,19). The maximum atomic E-state index is 12.1. The van der Waals surface area contributed by atoms with Crippen molar-refractivity contribution in [1.82, 2.24) is 15.5 Å². The summed E-state index contributed by atoms with van der Waals surface area (Å²) < 4.78 is 0.951. The molecule has 3 N–H and O–H groups in total. The Bertz CT molecular complexity index is 606. The zero-order valence-electron chi connectivity index (χ0n) is 10.2. The summed E-state index contributed by atoms with van der Waals surface area (Å²) in [4.78, 5) is 12.1. The molecule has 3 rings (SSSR count). The Labute approximate surface area is 118 Å². The molecule has 0 aliphatic carbocycles. The van der Waals surface area contributed by atoms with Crippen LogP contribution in [0.2, 0.25) is 0 Å². The number of aromatic nitrogens is 2. The van der Waals surface area contributed by atoms with Crippen LogP contribution < -0.4 is 10.6 Å². The predicted octanol–water partition coefficient (Wildman–Crippen LogP) is 2.07. The number of hydrogen-bond acceptors (Lipinski definition) is 3. The van der Waals surface area contributed by atoms with Crippen LogP contribution in [0, 0.1) is 0 Å². The van der Waals surface area contributed by atoms with Crippen LogP contribution in [-0.2, 0) is 13.0 Å². The maximum Gasteiger partial charge on any atom is 0.256 e. The van der Waals surface area contributed by atoms with Crippen LogP contribution in [0.4, 0.5) is 5.82 Å². The average Bonchev–Trinajstić information content (AvgIpc) is 2.83. The SMILES string of the molecule is O=C(Nc1n[nH]c2c1CCNC2)c1ccc(Br)cc1. The highest BCUT2D eigenvalue weighted by atomic mass is 79.9. The van der Waals surface area contributed by atoms with Gasteiger partial charge >= 0.3 is 0 Å². The van der Waals surface area contributed by atoms with E-state index in [9.17, 15) is 4.79 Å². The number of benzene rings is 1. The van der Waals surface area contributed by atoms with E-state index in [1.54, 1.807) is 12.1 Å². The van der Waals surface area contributed by atoms with E-state index in [4.69, 9.17) is 0 Å². The summed E-state index contributed by atoms with van der Waals surface area (Å²) in [6.07, 6.45) is 0.877. The van der Waals surface area contributed by atoms with E-state index in [0.29, 0.717) is 11.4 Å². The first kappa shape index (κ1) is 12.4. The Morgan fingerprint density at radius 2 is 2.11 bits per heavy atom. The number of aromatic amines is 1. The van der Waals surface area contributed by atoms with Gasteiger partial charge in [-0.3, -0.25) is 9.89 Å². The van der Waals surface area contributed by atoms with Gasteiger partial charge in [0, 0.05) is 22.1 Å². The van der Waals surface area contributed by atoms with Gasteiger partial charge in [0.1, 0.15) is 0 Å². The van der Waals surface area contributed by atoms with Crippen molar-refractivity contribution in [2.45, 2.75) is 13.0 Å². The number of carbonyl (C=O) groups is 1. The summed E-state index contributed by atoms with van der Waals surface area (Å²) in [7, 11) is 0. The molecule has 0 unspecified atom stereocenters. The van der Waals surface area contributed by atoms with Crippen molar-refractivity contribution < 1.29 is 4.79 Å². The number of halogens is 1. The summed E-state index contributed by atoms with van der Waals surface area (Å²) in [6.45, 7) is 1.68. The molecule has 0 radical (unpaired) electrons. The molecule has 5 nitrogen and oxygen atoms in total. The van der Waals surface area contributed by atoms with Crippen LogP contribution in [0.1, 0.15) is 21.6 Å². The van der Waals surface area contributed by atoms with Crippen LogP contribution in [0.5, 0.6) is 0 Å². The third-order valence-electron chi connectivity index (χ3n) is 3.14. The van der Waals surface area contributed by atoms with E-state index in [1.165, 1.54) is 0 Å². The number of carbonyl (C=O) groups excluding carboxylic acids is 1. The van der Waals surface area contributed by atoms with E-state index < -0.39 is 0 Å². The molecule has 0 atom stereocenters. The lowest BCUT2D eigenvalue weighted by molar-refractivity contribution is 0.102. The molecule has 0 saturated carbocycles. The van der Waals surface area contributed by atoms with Gasteiger partial charge < -0.3 is 10.6 Å². The first-order chi connectivity index (χ1) is 9.24. The minimum Gasteiger partial charge on any atom is -0.311 e. The predicted molar refractivity (Wildman–Crippen MR) is 76.1 cm³/mol. The van der Waals surface area contributed by atoms with Gasteiger partial charge in [0.15, 0.2) is 5.82 Å². The zero-order chi connectivity index (χ0) is 13.2. The summed E-state index contributed by atoms with van der Waals surface area (Å²) >= 11 is 3.35. The molecule has 0 fully saturated rings.